The van der Waals surface area contributed by atoms with E-state index in [0.29, 0.717) is 24.5 Å². The first-order chi connectivity index (χ1) is 16.0. The maximum absolute atomic E-state index is 12.6. The van der Waals surface area contributed by atoms with E-state index in [1.165, 1.54) is 5.56 Å². The van der Waals surface area contributed by atoms with Crippen LogP contribution in [-0.2, 0) is 26.1 Å². The number of aromatic nitrogens is 3. The molecule has 0 bridgehead atoms. The summed E-state index contributed by atoms with van der Waals surface area (Å²) in [4.78, 5) is 31.4. The average molecular weight is 447 g/mol. The highest BCUT2D eigenvalue weighted by atomic mass is 16.3. The second-order valence-electron chi connectivity index (χ2n) is 9.08. The molecule has 0 saturated carbocycles. The number of piperazine rings is 1. The summed E-state index contributed by atoms with van der Waals surface area (Å²) in [7, 11) is 2.15. The van der Waals surface area contributed by atoms with Crippen LogP contribution < -0.4 is 5.56 Å². The lowest BCUT2D eigenvalue weighted by Gasteiger charge is -2.32. The van der Waals surface area contributed by atoms with Gasteiger partial charge in [-0.2, -0.15) is 0 Å². The van der Waals surface area contributed by atoms with Gasteiger partial charge in [0.2, 0.25) is 0 Å². The third-order valence-corrected chi connectivity index (χ3v) is 6.65. The Hall–Kier alpha value is -3.07. The second-order valence-corrected chi connectivity index (χ2v) is 9.08. The molecule has 33 heavy (non-hydrogen) atoms. The largest absolute Gasteiger partial charge is 0.508 e. The molecule has 1 fully saturated rings. The van der Waals surface area contributed by atoms with Crippen LogP contribution in [0.15, 0.2) is 47.5 Å². The van der Waals surface area contributed by atoms with Crippen LogP contribution in [0.5, 0.6) is 5.75 Å². The van der Waals surface area contributed by atoms with Crippen molar-refractivity contribution >= 4 is 0 Å². The van der Waals surface area contributed by atoms with Gasteiger partial charge in [-0.05, 0) is 43.3 Å². The fraction of sp³-hybridized carbons (Fsp3) is 0.400. The summed E-state index contributed by atoms with van der Waals surface area (Å²) in [6.07, 6.45) is 4.08. The number of phenolic OH excluding ortho intramolecular Hbond substituents is 1. The van der Waals surface area contributed by atoms with Crippen molar-refractivity contribution in [3.05, 3.63) is 75.5 Å². The lowest BCUT2D eigenvalue weighted by molar-refractivity contribution is 0.147. The number of rotatable bonds is 5. The Morgan fingerprint density at radius 2 is 1.79 bits per heavy atom. The number of nitrogens with zero attached hydrogens (tertiary/aromatic N) is 5. The Morgan fingerprint density at radius 1 is 1.00 bits per heavy atom. The Balaban J connectivity index is 1.30. The molecule has 0 aliphatic carbocycles. The highest BCUT2D eigenvalue weighted by Gasteiger charge is 2.22. The number of H-pyrrole nitrogens is 1. The van der Waals surface area contributed by atoms with Crippen LogP contribution in [0.4, 0.5) is 0 Å². The molecule has 0 spiro atoms. The zero-order chi connectivity index (χ0) is 22.8. The van der Waals surface area contributed by atoms with Crippen molar-refractivity contribution < 1.29 is 5.11 Å². The summed E-state index contributed by atoms with van der Waals surface area (Å²) in [5, 5.41) is 10.4. The van der Waals surface area contributed by atoms with Gasteiger partial charge in [0, 0.05) is 81.4 Å². The third kappa shape index (κ3) is 4.98. The van der Waals surface area contributed by atoms with Gasteiger partial charge in [-0.1, -0.05) is 6.07 Å². The molecule has 3 aromatic rings. The average Bonchev–Trinajstić information content (AvgIpc) is 2.83. The van der Waals surface area contributed by atoms with Gasteiger partial charge in [-0.3, -0.25) is 19.6 Å². The monoisotopic (exact) mass is 446 g/mol. The fourth-order valence-corrected chi connectivity index (χ4v) is 4.64. The normalized spacial score (nSPS) is 17.7. The van der Waals surface area contributed by atoms with Crippen LogP contribution >= 0.6 is 0 Å². The van der Waals surface area contributed by atoms with Crippen molar-refractivity contribution in [1.29, 1.82) is 0 Å². The lowest BCUT2D eigenvalue weighted by atomic mass is 10.0. The van der Waals surface area contributed by atoms with Gasteiger partial charge in [-0.25, -0.2) is 4.98 Å². The van der Waals surface area contributed by atoms with E-state index >= 15 is 0 Å². The first kappa shape index (κ1) is 21.8. The molecular weight excluding hydrogens is 416 g/mol. The van der Waals surface area contributed by atoms with Crippen molar-refractivity contribution in [2.24, 2.45) is 0 Å². The molecule has 2 aliphatic rings. The number of fused-ring (bicyclic) bond motifs is 1. The third-order valence-electron chi connectivity index (χ3n) is 6.65. The molecular formula is C25H30N6O2. The number of pyridine rings is 1. The molecule has 2 aromatic heterocycles. The number of hydrogen-bond acceptors (Lipinski definition) is 7. The van der Waals surface area contributed by atoms with Crippen LogP contribution in [0, 0.1) is 0 Å². The van der Waals surface area contributed by atoms with Gasteiger partial charge in [0.15, 0.2) is 0 Å². The molecule has 5 rings (SSSR count). The van der Waals surface area contributed by atoms with E-state index < -0.39 is 0 Å². The van der Waals surface area contributed by atoms with E-state index in [1.54, 1.807) is 12.4 Å². The SMILES string of the molecule is CN1CCN(Cc2cc(CN3CCc4c(nc(-c5ccncc5)[nH]c4=O)C3)ccc2O)CC1. The van der Waals surface area contributed by atoms with E-state index in [2.05, 4.69) is 37.8 Å². The van der Waals surface area contributed by atoms with Gasteiger partial charge in [0.1, 0.15) is 11.6 Å². The standard InChI is InChI=1S/C25H30N6O2/c1-29-10-12-30(13-11-29)16-20-14-18(2-3-23(20)32)15-31-9-6-21-22(17-31)27-24(28-25(21)33)19-4-7-26-8-5-19/h2-5,7-8,14,32H,6,9-13,15-17H2,1H3,(H,27,28,33). The summed E-state index contributed by atoms with van der Waals surface area (Å²) in [5.41, 5.74) is 4.57. The summed E-state index contributed by atoms with van der Waals surface area (Å²) >= 11 is 0. The molecule has 0 unspecified atom stereocenters. The smallest absolute Gasteiger partial charge is 0.254 e. The molecule has 2 N–H and O–H groups in total. The number of benzene rings is 1. The maximum atomic E-state index is 12.6. The van der Waals surface area contributed by atoms with Gasteiger partial charge < -0.3 is 15.0 Å². The Bertz CT molecular complexity index is 1170. The minimum absolute atomic E-state index is 0.0504. The van der Waals surface area contributed by atoms with E-state index in [0.717, 1.165) is 68.2 Å². The second kappa shape index (κ2) is 9.43. The Kier molecular flexibility index (Phi) is 6.22. The van der Waals surface area contributed by atoms with Crippen molar-refractivity contribution in [1.82, 2.24) is 29.7 Å². The molecule has 2 aliphatic heterocycles. The van der Waals surface area contributed by atoms with Crippen LogP contribution in [0.3, 0.4) is 0 Å². The van der Waals surface area contributed by atoms with Gasteiger partial charge in [0.25, 0.3) is 5.56 Å². The molecule has 1 aromatic carbocycles. The number of likely N-dealkylation sites (N-methyl/N-ethyl adjacent to an activating group) is 1. The molecule has 0 radical (unpaired) electrons. The van der Waals surface area contributed by atoms with Crippen LogP contribution in [0.2, 0.25) is 0 Å². The zero-order valence-electron chi connectivity index (χ0n) is 19.0. The molecule has 0 atom stereocenters. The molecule has 1 saturated heterocycles. The molecule has 0 amide bonds. The highest BCUT2D eigenvalue weighted by Crippen LogP contribution is 2.24. The van der Waals surface area contributed by atoms with E-state index in [-0.39, 0.29) is 5.56 Å². The molecule has 8 nitrogen and oxygen atoms in total. The zero-order valence-corrected chi connectivity index (χ0v) is 19.0. The van der Waals surface area contributed by atoms with Gasteiger partial charge in [0.05, 0.1) is 5.69 Å². The van der Waals surface area contributed by atoms with Crippen LogP contribution in [0.1, 0.15) is 22.4 Å². The first-order valence-electron chi connectivity index (χ1n) is 11.5. The molecule has 172 valence electrons. The maximum Gasteiger partial charge on any atom is 0.254 e. The predicted molar refractivity (Wildman–Crippen MR) is 127 cm³/mol. The molecule has 4 heterocycles. The summed E-state index contributed by atoms with van der Waals surface area (Å²) in [6.45, 7) is 7.11. The minimum atomic E-state index is -0.0504. The van der Waals surface area contributed by atoms with Crippen molar-refractivity contribution in [2.75, 3.05) is 39.8 Å². The van der Waals surface area contributed by atoms with E-state index in [1.807, 2.05) is 24.3 Å². The van der Waals surface area contributed by atoms with E-state index in [9.17, 15) is 9.90 Å². The van der Waals surface area contributed by atoms with Crippen molar-refractivity contribution in [2.45, 2.75) is 26.1 Å². The van der Waals surface area contributed by atoms with E-state index in [4.69, 9.17) is 4.98 Å². The number of aromatic hydroxyl groups is 1. The topological polar surface area (TPSA) is 88.6 Å². The van der Waals surface area contributed by atoms with Crippen LogP contribution in [-0.4, -0.2) is 74.5 Å². The lowest BCUT2D eigenvalue weighted by Crippen LogP contribution is -2.43. The number of hydrogen-bond donors (Lipinski definition) is 2. The fourth-order valence-electron chi connectivity index (χ4n) is 4.64. The quantitative estimate of drug-likeness (QED) is 0.618. The summed E-state index contributed by atoms with van der Waals surface area (Å²) in [6, 6.07) is 9.62. The van der Waals surface area contributed by atoms with Crippen molar-refractivity contribution in [3.8, 4) is 17.1 Å². The summed E-state index contributed by atoms with van der Waals surface area (Å²) < 4.78 is 0. The predicted octanol–water partition coefficient (Wildman–Crippen LogP) is 1.84. The Labute approximate surface area is 193 Å². The van der Waals surface area contributed by atoms with Crippen LogP contribution in [0.25, 0.3) is 11.4 Å². The molecule has 8 heteroatoms. The minimum Gasteiger partial charge on any atom is -0.508 e. The van der Waals surface area contributed by atoms with Gasteiger partial charge in [-0.15, -0.1) is 0 Å². The summed E-state index contributed by atoms with van der Waals surface area (Å²) in [5.74, 6) is 0.943. The highest BCUT2D eigenvalue weighted by molar-refractivity contribution is 5.54. The number of aromatic amines is 1. The first-order valence-corrected chi connectivity index (χ1v) is 11.5. The number of nitrogens with one attached hydrogen (secondary N) is 1. The Morgan fingerprint density at radius 3 is 2.58 bits per heavy atom. The van der Waals surface area contributed by atoms with Crippen molar-refractivity contribution in [3.63, 3.8) is 0 Å². The van der Waals surface area contributed by atoms with Gasteiger partial charge >= 0.3 is 0 Å². The number of phenols is 1.